The first-order valence-electron chi connectivity index (χ1n) is 8.63. The molecule has 4 rings (SSSR count). The molecule has 2 heterocycles. The van der Waals surface area contributed by atoms with Gasteiger partial charge < -0.3 is 20.1 Å². The maximum absolute atomic E-state index is 12.7. The number of aliphatic carboxylic acids is 1. The molecule has 26 heavy (non-hydrogen) atoms. The van der Waals surface area contributed by atoms with Crippen LogP contribution >= 0.6 is 0 Å². The van der Waals surface area contributed by atoms with Gasteiger partial charge in [0.05, 0.1) is 5.92 Å². The van der Waals surface area contributed by atoms with Gasteiger partial charge in [-0.3, -0.25) is 9.59 Å². The van der Waals surface area contributed by atoms with Crippen molar-refractivity contribution in [1.29, 1.82) is 0 Å². The van der Waals surface area contributed by atoms with Crippen molar-refractivity contribution in [2.24, 2.45) is 11.3 Å². The van der Waals surface area contributed by atoms with Gasteiger partial charge in [-0.05, 0) is 29.8 Å². The molecule has 2 N–H and O–H groups in total. The number of rotatable bonds is 5. The number of carboxylic acids is 1. The van der Waals surface area contributed by atoms with Gasteiger partial charge in [0.25, 0.3) is 0 Å². The monoisotopic (exact) mass is 352 g/mol. The molecule has 0 unspecified atom stereocenters. The van der Waals surface area contributed by atoms with Gasteiger partial charge in [-0.15, -0.1) is 0 Å². The molecule has 0 bridgehead atoms. The van der Waals surface area contributed by atoms with Crippen LogP contribution in [0.3, 0.4) is 0 Å². The molecular formula is C20H20N2O4. The summed E-state index contributed by atoms with van der Waals surface area (Å²) >= 11 is 0. The molecule has 2 fully saturated rings. The number of fused-ring (bicyclic) bond motifs is 1. The third-order valence-electron chi connectivity index (χ3n) is 5.22. The van der Waals surface area contributed by atoms with E-state index in [0.29, 0.717) is 25.4 Å². The SMILES string of the molecule is O=C1[C@@H]2CNC[C@]2(C(=O)O)CN1Cc1cccc(Oc2ccccc2)c1. The summed E-state index contributed by atoms with van der Waals surface area (Å²) in [6.45, 7) is 1.39. The van der Waals surface area contributed by atoms with Gasteiger partial charge in [0.2, 0.25) is 5.91 Å². The molecule has 0 spiro atoms. The lowest BCUT2D eigenvalue weighted by Crippen LogP contribution is -2.40. The van der Waals surface area contributed by atoms with Crippen molar-refractivity contribution in [3.8, 4) is 11.5 Å². The molecule has 0 aromatic heterocycles. The summed E-state index contributed by atoms with van der Waals surface area (Å²) in [5.41, 5.74) is -0.0878. The lowest BCUT2D eigenvalue weighted by Gasteiger charge is -2.22. The Morgan fingerprint density at radius 3 is 2.69 bits per heavy atom. The number of ether oxygens (including phenoxy) is 1. The fourth-order valence-corrected chi connectivity index (χ4v) is 3.87. The molecule has 0 radical (unpaired) electrons. The van der Waals surface area contributed by atoms with Gasteiger partial charge >= 0.3 is 5.97 Å². The number of likely N-dealkylation sites (tertiary alicyclic amines) is 1. The van der Waals surface area contributed by atoms with Crippen LogP contribution in [0.4, 0.5) is 0 Å². The summed E-state index contributed by atoms with van der Waals surface area (Å²) < 4.78 is 5.84. The van der Waals surface area contributed by atoms with E-state index in [1.54, 1.807) is 4.90 Å². The minimum absolute atomic E-state index is 0.0909. The number of amides is 1. The van der Waals surface area contributed by atoms with Crippen LogP contribution in [0.2, 0.25) is 0 Å². The summed E-state index contributed by atoms with van der Waals surface area (Å²) in [5.74, 6) is -0.0393. The van der Waals surface area contributed by atoms with Crippen molar-refractivity contribution in [3.63, 3.8) is 0 Å². The van der Waals surface area contributed by atoms with Crippen LogP contribution in [0, 0.1) is 11.3 Å². The van der Waals surface area contributed by atoms with E-state index in [0.717, 1.165) is 11.3 Å². The van der Waals surface area contributed by atoms with Crippen molar-refractivity contribution in [3.05, 3.63) is 60.2 Å². The van der Waals surface area contributed by atoms with Crippen molar-refractivity contribution in [2.45, 2.75) is 6.54 Å². The second kappa shape index (κ2) is 6.46. The second-order valence-electron chi connectivity index (χ2n) is 6.90. The Morgan fingerprint density at radius 1 is 1.19 bits per heavy atom. The van der Waals surface area contributed by atoms with Crippen LogP contribution in [0.25, 0.3) is 0 Å². The molecule has 6 nitrogen and oxygen atoms in total. The first-order chi connectivity index (χ1) is 12.6. The van der Waals surface area contributed by atoms with Gasteiger partial charge in [0, 0.05) is 26.2 Å². The molecule has 0 saturated carbocycles. The van der Waals surface area contributed by atoms with E-state index < -0.39 is 17.3 Å². The molecular weight excluding hydrogens is 332 g/mol. The minimum Gasteiger partial charge on any atom is -0.481 e. The molecule has 2 atom stereocenters. The fourth-order valence-electron chi connectivity index (χ4n) is 3.87. The molecule has 6 heteroatoms. The molecule has 134 valence electrons. The third kappa shape index (κ3) is 2.82. The second-order valence-corrected chi connectivity index (χ2v) is 6.90. The van der Waals surface area contributed by atoms with E-state index >= 15 is 0 Å². The topological polar surface area (TPSA) is 78.9 Å². The van der Waals surface area contributed by atoms with E-state index in [1.807, 2.05) is 54.6 Å². The number of para-hydroxylation sites is 1. The van der Waals surface area contributed by atoms with Crippen LogP contribution in [-0.2, 0) is 16.1 Å². The van der Waals surface area contributed by atoms with Gasteiger partial charge in [-0.25, -0.2) is 0 Å². The van der Waals surface area contributed by atoms with Crippen molar-refractivity contribution in [2.75, 3.05) is 19.6 Å². The normalized spacial score (nSPS) is 24.5. The first-order valence-corrected chi connectivity index (χ1v) is 8.63. The molecule has 2 aliphatic heterocycles. The Balaban J connectivity index is 1.50. The first kappa shape index (κ1) is 16.6. The lowest BCUT2D eigenvalue weighted by molar-refractivity contribution is -0.149. The Morgan fingerprint density at radius 2 is 1.96 bits per heavy atom. The van der Waals surface area contributed by atoms with Crippen molar-refractivity contribution in [1.82, 2.24) is 10.2 Å². The summed E-state index contributed by atoms with van der Waals surface area (Å²) in [5, 5.41) is 12.7. The Hall–Kier alpha value is -2.86. The average Bonchev–Trinajstić information content (AvgIpc) is 3.17. The smallest absolute Gasteiger partial charge is 0.313 e. The summed E-state index contributed by atoms with van der Waals surface area (Å²) in [4.78, 5) is 26.1. The highest BCUT2D eigenvalue weighted by molar-refractivity contribution is 5.92. The number of nitrogens with zero attached hydrogens (tertiary/aromatic N) is 1. The Labute approximate surface area is 151 Å². The maximum Gasteiger partial charge on any atom is 0.313 e. The van der Waals surface area contributed by atoms with Gasteiger partial charge in [0.1, 0.15) is 16.9 Å². The predicted octanol–water partition coefficient (Wildman–Crippen LogP) is 2.11. The van der Waals surface area contributed by atoms with E-state index in [1.165, 1.54) is 0 Å². The predicted molar refractivity (Wildman–Crippen MR) is 94.8 cm³/mol. The van der Waals surface area contributed by atoms with E-state index in [9.17, 15) is 14.7 Å². The number of carbonyl (C=O) groups excluding carboxylic acids is 1. The van der Waals surface area contributed by atoms with Crippen LogP contribution < -0.4 is 10.1 Å². The summed E-state index contributed by atoms with van der Waals surface area (Å²) in [7, 11) is 0. The van der Waals surface area contributed by atoms with Gasteiger partial charge in [-0.1, -0.05) is 30.3 Å². The third-order valence-corrected chi connectivity index (χ3v) is 5.22. The highest BCUT2D eigenvalue weighted by atomic mass is 16.5. The number of carboxylic acid groups (broad SMARTS) is 1. The standard InChI is InChI=1S/C20H20N2O4/c23-18-17-10-21-12-20(17,19(24)25)13-22(18)11-14-5-4-8-16(9-14)26-15-6-2-1-3-7-15/h1-9,17,21H,10-13H2,(H,24,25)/t17-,20-/m0/s1. The maximum atomic E-state index is 12.7. The van der Waals surface area contributed by atoms with Crippen molar-refractivity contribution < 1.29 is 19.4 Å². The molecule has 2 aromatic carbocycles. The highest BCUT2D eigenvalue weighted by Crippen LogP contribution is 2.40. The zero-order valence-corrected chi connectivity index (χ0v) is 14.2. The zero-order valence-electron chi connectivity index (χ0n) is 14.2. The lowest BCUT2D eigenvalue weighted by atomic mass is 9.81. The zero-order chi connectivity index (χ0) is 18.1. The Bertz CT molecular complexity index is 839. The summed E-state index contributed by atoms with van der Waals surface area (Å²) in [6.07, 6.45) is 0. The Kier molecular flexibility index (Phi) is 4.12. The van der Waals surface area contributed by atoms with E-state index in [-0.39, 0.29) is 12.5 Å². The summed E-state index contributed by atoms with van der Waals surface area (Å²) in [6, 6.07) is 17.0. The van der Waals surface area contributed by atoms with Crippen LogP contribution in [-0.4, -0.2) is 41.5 Å². The quantitative estimate of drug-likeness (QED) is 0.862. The number of carbonyl (C=O) groups is 2. The average molecular weight is 352 g/mol. The van der Waals surface area contributed by atoms with E-state index in [2.05, 4.69) is 5.32 Å². The molecule has 1 amide bonds. The number of nitrogens with one attached hydrogen (secondary N) is 1. The molecule has 2 saturated heterocycles. The number of hydrogen-bond donors (Lipinski definition) is 2. The fraction of sp³-hybridized carbons (Fsp3) is 0.300. The van der Waals surface area contributed by atoms with Crippen molar-refractivity contribution >= 4 is 11.9 Å². The number of benzene rings is 2. The van der Waals surface area contributed by atoms with Gasteiger partial charge in [0.15, 0.2) is 0 Å². The van der Waals surface area contributed by atoms with Gasteiger partial charge in [-0.2, -0.15) is 0 Å². The largest absolute Gasteiger partial charge is 0.481 e. The van der Waals surface area contributed by atoms with Crippen LogP contribution in [0.1, 0.15) is 5.56 Å². The van der Waals surface area contributed by atoms with Crippen LogP contribution in [0.15, 0.2) is 54.6 Å². The van der Waals surface area contributed by atoms with Crippen LogP contribution in [0.5, 0.6) is 11.5 Å². The molecule has 0 aliphatic carbocycles. The highest BCUT2D eigenvalue weighted by Gasteiger charge is 2.59. The molecule has 2 aliphatic rings. The van der Waals surface area contributed by atoms with E-state index in [4.69, 9.17) is 4.74 Å². The minimum atomic E-state index is -1.00. The molecule has 2 aromatic rings. The number of hydrogen-bond acceptors (Lipinski definition) is 4.